The maximum atomic E-state index is 11.7. The SMILES string of the molecule is C=CC(=O)N1CC(C)(CN2CC(n3ncc(-c4cc(OC)c5c(C#N)cnn5c4)c3C)C2)C1. The third kappa shape index (κ3) is 3.47. The Kier molecular flexibility index (Phi) is 4.98. The number of aromatic nitrogens is 4. The van der Waals surface area contributed by atoms with Gasteiger partial charge in [0, 0.05) is 61.2 Å². The summed E-state index contributed by atoms with van der Waals surface area (Å²) in [5.41, 5.74) is 4.35. The highest BCUT2D eigenvalue weighted by Crippen LogP contribution is 2.36. The van der Waals surface area contributed by atoms with E-state index in [4.69, 9.17) is 4.74 Å². The summed E-state index contributed by atoms with van der Waals surface area (Å²) >= 11 is 0. The largest absolute Gasteiger partial charge is 0.494 e. The fourth-order valence-electron chi connectivity index (χ4n) is 5.17. The molecule has 0 radical (unpaired) electrons. The molecule has 0 aliphatic carbocycles. The number of amides is 1. The minimum absolute atomic E-state index is 0.0161. The van der Waals surface area contributed by atoms with Gasteiger partial charge in [0.05, 0.1) is 25.5 Å². The molecule has 3 aromatic heterocycles. The summed E-state index contributed by atoms with van der Waals surface area (Å²) in [4.78, 5) is 16.0. The van der Waals surface area contributed by atoms with E-state index in [0.29, 0.717) is 22.9 Å². The van der Waals surface area contributed by atoms with E-state index in [2.05, 4.69) is 46.3 Å². The minimum Gasteiger partial charge on any atom is -0.494 e. The summed E-state index contributed by atoms with van der Waals surface area (Å²) in [6, 6.07) is 4.43. The van der Waals surface area contributed by atoms with Crippen LogP contribution >= 0.6 is 0 Å². The van der Waals surface area contributed by atoms with Gasteiger partial charge in [0.15, 0.2) is 0 Å². The lowest BCUT2D eigenvalue weighted by Gasteiger charge is -2.52. The molecule has 0 aromatic carbocycles. The van der Waals surface area contributed by atoms with Crippen LogP contribution in [0.2, 0.25) is 0 Å². The first-order valence-corrected chi connectivity index (χ1v) is 11.0. The highest BCUT2D eigenvalue weighted by Gasteiger charge is 2.44. The van der Waals surface area contributed by atoms with Crippen molar-refractivity contribution < 1.29 is 9.53 Å². The minimum atomic E-state index is 0.0161. The molecule has 0 spiro atoms. The van der Waals surface area contributed by atoms with Gasteiger partial charge in [-0.05, 0) is 19.1 Å². The lowest BCUT2D eigenvalue weighted by atomic mass is 9.80. The predicted octanol–water partition coefficient (Wildman–Crippen LogP) is 2.28. The van der Waals surface area contributed by atoms with Crippen LogP contribution in [0.5, 0.6) is 5.75 Å². The molecule has 0 atom stereocenters. The second kappa shape index (κ2) is 7.74. The van der Waals surface area contributed by atoms with Crippen molar-refractivity contribution in [2.24, 2.45) is 5.41 Å². The van der Waals surface area contributed by atoms with Gasteiger partial charge >= 0.3 is 0 Å². The fraction of sp³-hybridized carbons (Fsp3) is 0.417. The van der Waals surface area contributed by atoms with Gasteiger partial charge in [0.1, 0.15) is 22.9 Å². The van der Waals surface area contributed by atoms with E-state index in [0.717, 1.165) is 49.5 Å². The second-order valence-electron chi connectivity index (χ2n) is 9.41. The number of nitrogens with zero attached hydrogens (tertiary/aromatic N) is 7. The number of ether oxygens (including phenoxy) is 1. The third-order valence-corrected chi connectivity index (χ3v) is 6.79. The van der Waals surface area contributed by atoms with E-state index < -0.39 is 0 Å². The summed E-state index contributed by atoms with van der Waals surface area (Å²) in [5.74, 6) is 0.628. The third-order valence-electron chi connectivity index (χ3n) is 6.79. The first-order valence-electron chi connectivity index (χ1n) is 11.0. The van der Waals surface area contributed by atoms with Crippen LogP contribution in [0.1, 0.15) is 24.2 Å². The van der Waals surface area contributed by atoms with Crippen molar-refractivity contribution in [1.82, 2.24) is 29.2 Å². The molecule has 33 heavy (non-hydrogen) atoms. The van der Waals surface area contributed by atoms with Crippen LogP contribution < -0.4 is 4.74 Å². The van der Waals surface area contributed by atoms with E-state index in [1.54, 1.807) is 17.8 Å². The summed E-state index contributed by atoms with van der Waals surface area (Å²) in [6.45, 7) is 12.3. The molecule has 3 aromatic rings. The fourth-order valence-corrected chi connectivity index (χ4v) is 5.17. The zero-order chi connectivity index (χ0) is 23.3. The van der Waals surface area contributed by atoms with Crippen LogP contribution in [-0.4, -0.2) is 74.9 Å². The van der Waals surface area contributed by atoms with E-state index in [9.17, 15) is 10.1 Å². The lowest BCUT2D eigenvalue weighted by Crippen LogP contribution is -2.63. The van der Waals surface area contributed by atoms with Crippen LogP contribution in [-0.2, 0) is 4.79 Å². The zero-order valence-electron chi connectivity index (χ0n) is 19.2. The monoisotopic (exact) mass is 445 g/mol. The number of likely N-dealkylation sites (tertiary alicyclic amines) is 2. The second-order valence-corrected chi connectivity index (χ2v) is 9.41. The van der Waals surface area contributed by atoms with E-state index >= 15 is 0 Å². The van der Waals surface area contributed by atoms with Gasteiger partial charge < -0.3 is 9.64 Å². The molecule has 2 fully saturated rings. The van der Waals surface area contributed by atoms with Crippen LogP contribution in [0.15, 0.2) is 37.3 Å². The quantitative estimate of drug-likeness (QED) is 0.541. The summed E-state index contributed by atoms with van der Waals surface area (Å²) in [5, 5.41) is 18.3. The lowest BCUT2D eigenvalue weighted by molar-refractivity contribution is -0.139. The Balaban J connectivity index is 1.29. The van der Waals surface area contributed by atoms with Gasteiger partial charge in [-0.15, -0.1) is 0 Å². The molecule has 1 amide bonds. The van der Waals surface area contributed by atoms with Gasteiger partial charge in [-0.2, -0.15) is 15.5 Å². The average Bonchev–Trinajstić information content (AvgIpc) is 3.36. The average molecular weight is 446 g/mol. The number of carbonyl (C=O) groups is 1. The molecule has 0 saturated carbocycles. The van der Waals surface area contributed by atoms with Crippen LogP contribution in [0, 0.1) is 23.7 Å². The Labute approximate surface area is 192 Å². The molecule has 170 valence electrons. The molecule has 2 saturated heterocycles. The Bertz CT molecular complexity index is 1290. The number of rotatable bonds is 6. The molecule has 5 heterocycles. The number of hydrogen-bond donors (Lipinski definition) is 0. The van der Waals surface area contributed by atoms with Gasteiger partial charge in [0.2, 0.25) is 5.91 Å². The zero-order valence-corrected chi connectivity index (χ0v) is 19.2. The topological polar surface area (TPSA) is 91.7 Å². The molecular weight excluding hydrogens is 418 g/mol. The first-order chi connectivity index (χ1) is 15.9. The van der Waals surface area contributed by atoms with Crippen LogP contribution in [0.4, 0.5) is 0 Å². The molecule has 9 heteroatoms. The molecule has 9 nitrogen and oxygen atoms in total. The van der Waals surface area contributed by atoms with E-state index in [1.807, 2.05) is 23.4 Å². The summed E-state index contributed by atoms with van der Waals surface area (Å²) in [7, 11) is 1.60. The van der Waals surface area contributed by atoms with Crippen molar-refractivity contribution in [3.63, 3.8) is 0 Å². The number of nitriles is 1. The van der Waals surface area contributed by atoms with Crippen molar-refractivity contribution in [2.75, 3.05) is 39.8 Å². The van der Waals surface area contributed by atoms with E-state index in [-0.39, 0.29) is 11.3 Å². The highest BCUT2D eigenvalue weighted by molar-refractivity contribution is 5.87. The number of methoxy groups -OCH3 is 1. The smallest absolute Gasteiger partial charge is 0.245 e. The number of hydrogen-bond acceptors (Lipinski definition) is 6. The molecule has 5 rings (SSSR count). The molecule has 0 N–H and O–H groups in total. The Morgan fingerprint density at radius 2 is 2.12 bits per heavy atom. The van der Waals surface area contributed by atoms with Crippen molar-refractivity contribution in [3.05, 3.63) is 48.6 Å². The van der Waals surface area contributed by atoms with Crippen molar-refractivity contribution >= 4 is 11.4 Å². The maximum absolute atomic E-state index is 11.7. The Morgan fingerprint density at radius 3 is 2.79 bits per heavy atom. The summed E-state index contributed by atoms with van der Waals surface area (Å²) in [6.07, 6.45) is 6.74. The molecular formula is C24H27N7O2. The number of pyridine rings is 1. The number of carbonyl (C=O) groups excluding carboxylic acids is 1. The molecule has 0 unspecified atom stereocenters. The summed E-state index contributed by atoms with van der Waals surface area (Å²) < 4.78 is 9.34. The highest BCUT2D eigenvalue weighted by atomic mass is 16.5. The van der Waals surface area contributed by atoms with Crippen molar-refractivity contribution in [3.8, 4) is 22.9 Å². The van der Waals surface area contributed by atoms with Crippen molar-refractivity contribution in [2.45, 2.75) is 19.9 Å². The van der Waals surface area contributed by atoms with Gasteiger partial charge in [0.25, 0.3) is 0 Å². The van der Waals surface area contributed by atoms with Gasteiger partial charge in [-0.1, -0.05) is 13.5 Å². The Hall–Kier alpha value is -3.64. The maximum Gasteiger partial charge on any atom is 0.245 e. The number of fused-ring (bicyclic) bond motifs is 1. The molecule has 0 bridgehead atoms. The van der Waals surface area contributed by atoms with Gasteiger partial charge in [-0.25, -0.2) is 4.52 Å². The molecule has 2 aliphatic rings. The van der Waals surface area contributed by atoms with E-state index in [1.165, 1.54) is 6.08 Å². The Morgan fingerprint density at radius 1 is 1.36 bits per heavy atom. The normalized spacial score (nSPS) is 17.9. The van der Waals surface area contributed by atoms with Gasteiger partial charge in [-0.3, -0.25) is 14.4 Å². The van der Waals surface area contributed by atoms with Crippen molar-refractivity contribution in [1.29, 1.82) is 5.26 Å². The first kappa shape index (κ1) is 21.2. The standard InChI is InChI=1S/C24H27N7O2/c1-5-22(32)29-14-24(3,15-29)13-28-11-19(12-28)31-16(2)20(9-27-31)17-6-21(33-4)23-18(7-25)8-26-30(23)10-17/h5-6,8-10,19H,1,11-15H2,2-4H3. The molecule has 2 aliphatic heterocycles. The van der Waals surface area contributed by atoms with Crippen LogP contribution in [0.3, 0.4) is 0 Å². The predicted molar refractivity (Wildman–Crippen MR) is 123 cm³/mol. The van der Waals surface area contributed by atoms with Crippen LogP contribution in [0.25, 0.3) is 16.6 Å².